The number of nitrogens with zero attached hydrogens (tertiary/aromatic N) is 2. The van der Waals surface area contributed by atoms with E-state index in [-0.39, 0.29) is 18.1 Å². The topological polar surface area (TPSA) is 70.1 Å². The number of anilines is 1. The highest BCUT2D eigenvalue weighted by atomic mass is 19.1. The molecule has 6 heteroatoms. The Bertz CT molecular complexity index is 665. The number of hydrogen-bond acceptors (Lipinski definition) is 4. The molecule has 0 fully saturated rings. The van der Waals surface area contributed by atoms with E-state index in [2.05, 4.69) is 5.10 Å². The van der Waals surface area contributed by atoms with Gasteiger partial charge in [-0.15, -0.1) is 0 Å². The van der Waals surface area contributed by atoms with Gasteiger partial charge in [-0.1, -0.05) is 6.07 Å². The molecule has 2 N–H and O–H groups in total. The first kappa shape index (κ1) is 14.0. The van der Waals surface area contributed by atoms with Gasteiger partial charge in [0.1, 0.15) is 12.4 Å². The highest BCUT2D eigenvalue weighted by Crippen LogP contribution is 2.18. The average molecular weight is 277 g/mol. The molecule has 0 saturated heterocycles. The first-order chi connectivity index (χ1) is 9.40. The van der Waals surface area contributed by atoms with Gasteiger partial charge < -0.3 is 10.5 Å². The number of hydrogen-bond donors (Lipinski definition) is 1. The summed E-state index contributed by atoms with van der Waals surface area (Å²) in [5.74, 6) is -0.938. The lowest BCUT2D eigenvalue weighted by Crippen LogP contribution is -2.13. The van der Waals surface area contributed by atoms with E-state index < -0.39 is 5.97 Å². The maximum Gasteiger partial charge on any atom is 0.359 e. The highest BCUT2D eigenvalue weighted by Gasteiger charge is 2.19. The van der Waals surface area contributed by atoms with Crippen LogP contribution in [0.25, 0.3) is 0 Å². The molecule has 5 nitrogen and oxygen atoms in total. The molecule has 0 spiro atoms. The second-order valence-corrected chi connectivity index (χ2v) is 4.62. The van der Waals surface area contributed by atoms with Crippen LogP contribution in [0.4, 0.5) is 10.1 Å². The normalized spacial score (nSPS) is 10.6. The van der Waals surface area contributed by atoms with Crippen LogP contribution in [-0.4, -0.2) is 15.7 Å². The Hall–Kier alpha value is -2.37. The van der Waals surface area contributed by atoms with Crippen LogP contribution in [0.5, 0.6) is 0 Å². The van der Waals surface area contributed by atoms with Crippen LogP contribution < -0.4 is 5.73 Å². The van der Waals surface area contributed by atoms with Crippen molar-refractivity contribution in [1.82, 2.24) is 9.78 Å². The predicted molar refractivity (Wildman–Crippen MR) is 72.6 cm³/mol. The van der Waals surface area contributed by atoms with Gasteiger partial charge in [0.25, 0.3) is 0 Å². The second-order valence-electron chi connectivity index (χ2n) is 4.62. The van der Waals surface area contributed by atoms with E-state index in [0.717, 1.165) is 5.56 Å². The second kappa shape index (κ2) is 5.32. The molecule has 0 aliphatic rings. The molecular weight excluding hydrogens is 261 g/mol. The zero-order chi connectivity index (χ0) is 14.9. The molecule has 0 radical (unpaired) electrons. The summed E-state index contributed by atoms with van der Waals surface area (Å²) in [6.07, 6.45) is 0. The Kier molecular flexibility index (Phi) is 3.74. The third-order valence-corrected chi connectivity index (χ3v) is 3.13. The Morgan fingerprint density at radius 1 is 1.45 bits per heavy atom. The van der Waals surface area contributed by atoms with E-state index in [0.29, 0.717) is 16.9 Å². The molecule has 20 heavy (non-hydrogen) atoms. The van der Waals surface area contributed by atoms with E-state index in [1.807, 2.05) is 6.92 Å². The van der Waals surface area contributed by atoms with Gasteiger partial charge in [-0.25, -0.2) is 9.18 Å². The Balaban J connectivity index is 2.15. The maximum absolute atomic E-state index is 13.2. The summed E-state index contributed by atoms with van der Waals surface area (Å²) < 4.78 is 19.7. The zero-order valence-corrected chi connectivity index (χ0v) is 11.6. The van der Waals surface area contributed by atoms with Gasteiger partial charge in [0.2, 0.25) is 0 Å². The minimum absolute atomic E-state index is 0.00784. The molecule has 2 rings (SSSR count). The quantitative estimate of drug-likeness (QED) is 0.872. The van der Waals surface area contributed by atoms with Crippen LogP contribution in [0.2, 0.25) is 0 Å². The molecule has 1 heterocycles. The van der Waals surface area contributed by atoms with Crippen molar-refractivity contribution in [2.75, 3.05) is 5.73 Å². The van der Waals surface area contributed by atoms with Gasteiger partial charge in [0, 0.05) is 7.05 Å². The van der Waals surface area contributed by atoms with Crippen molar-refractivity contribution in [2.45, 2.75) is 20.5 Å². The fourth-order valence-corrected chi connectivity index (χ4v) is 1.92. The summed E-state index contributed by atoms with van der Waals surface area (Å²) in [5, 5.41) is 4.05. The number of halogens is 1. The van der Waals surface area contributed by atoms with Crippen molar-refractivity contribution in [2.24, 2.45) is 7.05 Å². The van der Waals surface area contributed by atoms with Crippen molar-refractivity contribution in [3.63, 3.8) is 0 Å². The number of aryl methyl sites for hydroxylation is 3. The number of rotatable bonds is 3. The fraction of sp³-hybridized carbons (Fsp3) is 0.286. The van der Waals surface area contributed by atoms with Crippen molar-refractivity contribution < 1.29 is 13.9 Å². The van der Waals surface area contributed by atoms with Crippen molar-refractivity contribution in [1.29, 1.82) is 0 Å². The Morgan fingerprint density at radius 2 is 2.15 bits per heavy atom. The number of carbonyl (C=O) groups excluding carboxylic acids is 1. The number of esters is 1. The molecular formula is C14H16FN3O2. The summed E-state index contributed by atoms with van der Waals surface area (Å²) in [7, 11) is 1.62. The number of nitrogens with two attached hydrogens (primary N) is 1. The van der Waals surface area contributed by atoms with Gasteiger partial charge in [-0.05, 0) is 37.1 Å². The lowest BCUT2D eigenvalue weighted by molar-refractivity contribution is 0.0460. The molecule has 106 valence electrons. The van der Waals surface area contributed by atoms with Crippen LogP contribution in [-0.2, 0) is 18.4 Å². The van der Waals surface area contributed by atoms with Crippen molar-refractivity contribution in [3.05, 3.63) is 46.5 Å². The maximum atomic E-state index is 13.2. The van der Waals surface area contributed by atoms with E-state index in [9.17, 15) is 9.18 Å². The molecule has 1 aromatic carbocycles. The number of benzene rings is 1. The monoisotopic (exact) mass is 277 g/mol. The van der Waals surface area contributed by atoms with Crippen LogP contribution in [0, 0.1) is 19.7 Å². The molecule has 1 aromatic heterocycles. The summed E-state index contributed by atoms with van der Waals surface area (Å²) in [6, 6.07) is 4.35. The first-order valence-electron chi connectivity index (χ1n) is 6.11. The van der Waals surface area contributed by atoms with Gasteiger partial charge in [0.05, 0.1) is 11.4 Å². The Labute approximate surface area is 116 Å². The van der Waals surface area contributed by atoms with E-state index in [1.165, 1.54) is 16.8 Å². The van der Waals surface area contributed by atoms with Crippen molar-refractivity contribution in [3.8, 4) is 0 Å². The van der Waals surface area contributed by atoms with Gasteiger partial charge in [-0.2, -0.15) is 5.10 Å². The summed E-state index contributed by atoms with van der Waals surface area (Å²) in [5.41, 5.74) is 8.33. The highest BCUT2D eigenvalue weighted by molar-refractivity contribution is 5.93. The van der Waals surface area contributed by atoms with Gasteiger partial charge >= 0.3 is 5.97 Å². The SMILES string of the molecule is Cc1ccc(F)cc1COC(=O)c1c(N)c(C)nn1C. The molecule has 0 saturated carbocycles. The summed E-state index contributed by atoms with van der Waals surface area (Å²) in [4.78, 5) is 12.0. The molecule has 0 aliphatic carbocycles. The smallest absolute Gasteiger partial charge is 0.359 e. The van der Waals surface area contributed by atoms with Gasteiger partial charge in [-0.3, -0.25) is 4.68 Å². The largest absolute Gasteiger partial charge is 0.456 e. The number of aromatic nitrogens is 2. The molecule has 0 unspecified atom stereocenters. The number of carbonyl (C=O) groups is 1. The predicted octanol–water partition coefficient (Wildman–Crippen LogP) is 2.12. The molecule has 0 aliphatic heterocycles. The van der Waals surface area contributed by atoms with Crippen LogP contribution in [0.3, 0.4) is 0 Å². The summed E-state index contributed by atoms with van der Waals surface area (Å²) in [6.45, 7) is 3.53. The molecule has 0 atom stereocenters. The van der Waals surface area contributed by atoms with E-state index in [1.54, 1.807) is 20.0 Å². The summed E-state index contributed by atoms with van der Waals surface area (Å²) >= 11 is 0. The van der Waals surface area contributed by atoms with E-state index in [4.69, 9.17) is 10.5 Å². The van der Waals surface area contributed by atoms with Crippen LogP contribution >= 0.6 is 0 Å². The van der Waals surface area contributed by atoms with Crippen LogP contribution in [0.1, 0.15) is 27.3 Å². The first-order valence-corrected chi connectivity index (χ1v) is 6.11. The van der Waals surface area contributed by atoms with E-state index >= 15 is 0 Å². The standard InChI is InChI=1S/C14H16FN3O2/c1-8-4-5-11(15)6-10(8)7-20-14(19)13-12(16)9(2)17-18(13)3/h4-6H,7,16H2,1-3H3. The number of nitrogen functional groups attached to an aromatic ring is 1. The fourth-order valence-electron chi connectivity index (χ4n) is 1.92. The third kappa shape index (κ3) is 2.64. The van der Waals surface area contributed by atoms with Crippen LogP contribution in [0.15, 0.2) is 18.2 Å². The lowest BCUT2D eigenvalue weighted by Gasteiger charge is -2.08. The number of ether oxygens (including phenoxy) is 1. The minimum Gasteiger partial charge on any atom is -0.456 e. The lowest BCUT2D eigenvalue weighted by atomic mass is 10.1. The third-order valence-electron chi connectivity index (χ3n) is 3.13. The van der Waals surface area contributed by atoms with Crippen molar-refractivity contribution >= 4 is 11.7 Å². The molecule has 0 bridgehead atoms. The minimum atomic E-state index is -0.575. The molecule has 2 aromatic rings. The zero-order valence-electron chi connectivity index (χ0n) is 11.6. The van der Waals surface area contributed by atoms with Gasteiger partial charge in [0.15, 0.2) is 5.69 Å². The molecule has 0 amide bonds. The average Bonchev–Trinajstić information content (AvgIpc) is 2.64. The Morgan fingerprint density at radius 3 is 2.75 bits per heavy atom.